The van der Waals surface area contributed by atoms with Crippen LogP contribution >= 0.6 is 0 Å². The predicted octanol–water partition coefficient (Wildman–Crippen LogP) is 0.0739. The van der Waals surface area contributed by atoms with Crippen LogP contribution < -0.4 is 5.73 Å². The van der Waals surface area contributed by atoms with Gasteiger partial charge < -0.3 is 15.2 Å². The molecule has 108 valence electrons. The molecule has 0 amide bonds. The van der Waals surface area contributed by atoms with Crippen molar-refractivity contribution < 1.29 is 9.47 Å². The predicted molar refractivity (Wildman–Crippen MR) is 72.9 cm³/mol. The normalized spacial score (nSPS) is 25.9. The molecular formula is C13H24N4O2. The Morgan fingerprint density at radius 1 is 1.37 bits per heavy atom. The van der Waals surface area contributed by atoms with Crippen molar-refractivity contribution in [1.82, 2.24) is 14.7 Å². The van der Waals surface area contributed by atoms with Gasteiger partial charge >= 0.3 is 0 Å². The van der Waals surface area contributed by atoms with Crippen molar-refractivity contribution in [3.8, 4) is 0 Å². The second kappa shape index (κ2) is 6.00. The Balaban J connectivity index is 2.17. The molecule has 0 radical (unpaired) electrons. The summed E-state index contributed by atoms with van der Waals surface area (Å²) in [5.74, 6) is 0. The minimum Gasteiger partial charge on any atom is -0.377 e. The van der Waals surface area contributed by atoms with Crippen LogP contribution in [0.2, 0.25) is 0 Å². The van der Waals surface area contributed by atoms with Gasteiger partial charge in [-0.3, -0.25) is 9.58 Å². The second-order valence-corrected chi connectivity index (χ2v) is 5.06. The average Bonchev–Trinajstić information content (AvgIpc) is 2.97. The third-order valence-electron chi connectivity index (χ3n) is 4.15. The third-order valence-corrected chi connectivity index (χ3v) is 4.15. The first kappa shape index (κ1) is 14.5. The number of methoxy groups -OCH3 is 2. The molecule has 0 aliphatic carbocycles. The first-order valence-electron chi connectivity index (χ1n) is 6.60. The molecule has 1 aliphatic rings. The van der Waals surface area contributed by atoms with E-state index in [1.54, 1.807) is 14.2 Å². The van der Waals surface area contributed by atoms with E-state index >= 15 is 0 Å². The number of aryl methyl sites for hydroxylation is 1. The van der Waals surface area contributed by atoms with E-state index in [-0.39, 0.29) is 18.2 Å². The lowest BCUT2D eigenvalue weighted by Crippen LogP contribution is -2.33. The van der Waals surface area contributed by atoms with Crippen molar-refractivity contribution in [1.29, 1.82) is 0 Å². The van der Waals surface area contributed by atoms with E-state index in [0.29, 0.717) is 6.54 Å². The first-order chi connectivity index (χ1) is 9.12. The van der Waals surface area contributed by atoms with E-state index in [1.165, 1.54) is 5.56 Å². The number of aromatic nitrogens is 2. The molecule has 0 aromatic carbocycles. The molecule has 1 saturated heterocycles. The lowest BCUT2D eigenvalue weighted by Gasteiger charge is -2.26. The van der Waals surface area contributed by atoms with Crippen LogP contribution in [-0.2, 0) is 16.5 Å². The Kier molecular flexibility index (Phi) is 4.57. The highest BCUT2D eigenvalue weighted by Gasteiger charge is 2.37. The van der Waals surface area contributed by atoms with Gasteiger partial charge in [0.05, 0.1) is 24.4 Å². The Morgan fingerprint density at radius 3 is 2.32 bits per heavy atom. The maximum Gasteiger partial charge on any atom is 0.0972 e. The molecule has 2 rings (SSSR count). The summed E-state index contributed by atoms with van der Waals surface area (Å²) < 4.78 is 12.8. The fraction of sp³-hybridized carbons (Fsp3) is 0.769. The minimum absolute atomic E-state index is 0.107. The summed E-state index contributed by atoms with van der Waals surface area (Å²) in [7, 11) is 5.41. The second-order valence-electron chi connectivity index (χ2n) is 5.06. The SMILES string of the molecule is COC1CN(C(CN)c2cnn(C)c2C)CC1OC. The van der Waals surface area contributed by atoms with Gasteiger partial charge in [0.25, 0.3) is 0 Å². The minimum atomic E-state index is 0.107. The number of ether oxygens (including phenoxy) is 2. The molecule has 1 fully saturated rings. The number of nitrogens with two attached hydrogens (primary N) is 1. The molecule has 0 spiro atoms. The van der Waals surface area contributed by atoms with Gasteiger partial charge in [-0.25, -0.2) is 0 Å². The van der Waals surface area contributed by atoms with Gasteiger partial charge in [-0.1, -0.05) is 0 Å². The Hall–Kier alpha value is -0.950. The fourth-order valence-corrected chi connectivity index (χ4v) is 2.79. The molecule has 6 nitrogen and oxygen atoms in total. The monoisotopic (exact) mass is 268 g/mol. The summed E-state index contributed by atoms with van der Waals surface area (Å²) in [5.41, 5.74) is 8.33. The Morgan fingerprint density at radius 2 is 1.95 bits per heavy atom. The van der Waals surface area contributed by atoms with E-state index in [9.17, 15) is 0 Å². The number of rotatable bonds is 5. The van der Waals surface area contributed by atoms with Gasteiger partial charge in [-0.2, -0.15) is 5.10 Å². The fourth-order valence-electron chi connectivity index (χ4n) is 2.79. The molecule has 1 aromatic heterocycles. The molecule has 1 aromatic rings. The Bertz CT molecular complexity index is 409. The maximum atomic E-state index is 5.98. The summed E-state index contributed by atoms with van der Waals surface area (Å²) in [6, 6.07) is 0.173. The molecule has 2 heterocycles. The van der Waals surface area contributed by atoms with E-state index in [4.69, 9.17) is 15.2 Å². The zero-order valence-electron chi connectivity index (χ0n) is 12.2. The van der Waals surface area contributed by atoms with Gasteiger partial charge in [-0.05, 0) is 6.92 Å². The molecule has 3 unspecified atom stereocenters. The molecule has 19 heavy (non-hydrogen) atoms. The number of hydrogen-bond acceptors (Lipinski definition) is 5. The van der Waals surface area contributed by atoms with Crippen molar-refractivity contribution in [3.05, 3.63) is 17.5 Å². The van der Waals surface area contributed by atoms with Crippen LogP contribution in [0, 0.1) is 6.92 Å². The summed E-state index contributed by atoms with van der Waals surface area (Å²) in [4.78, 5) is 2.33. The van der Waals surface area contributed by atoms with E-state index in [2.05, 4.69) is 16.9 Å². The van der Waals surface area contributed by atoms with Gasteiger partial charge in [0.1, 0.15) is 0 Å². The van der Waals surface area contributed by atoms with Gasteiger partial charge in [-0.15, -0.1) is 0 Å². The Labute approximate surface area is 114 Å². The van der Waals surface area contributed by atoms with Crippen LogP contribution in [-0.4, -0.2) is 60.7 Å². The van der Waals surface area contributed by atoms with Crippen LogP contribution in [0.1, 0.15) is 17.3 Å². The number of hydrogen-bond donors (Lipinski definition) is 1. The van der Waals surface area contributed by atoms with Gasteiger partial charge in [0, 0.05) is 52.2 Å². The van der Waals surface area contributed by atoms with E-state index in [1.807, 2.05) is 17.9 Å². The molecule has 2 N–H and O–H groups in total. The van der Waals surface area contributed by atoms with Crippen LogP contribution in [0.25, 0.3) is 0 Å². The largest absolute Gasteiger partial charge is 0.377 e. The molecule has 6 heteroatoms. The molecule has 0 bridgehead atoms. The standard InChI is InChI=1S/C13H24N4O2/c1-9-10(6-15-16(9)2)11(5-14)17-7-12(18-3)13(8-17)19-4/h6,11-13H,5,7-8,14H2,1-4H3. The smallest absolute Gasteiger partial charge is 0.0972 e. The molecule has 0 saturated carbocycles. The van der Waals surface area contributed by atoms with Crippen molar-refractivity contribution in [2.24, 2.45) is 12.8 Å². The lowest BCUT2D eigenvalue weighted by molar-refractivity contribution is -0.00461. The topological polar surface area (TPSA) is 65.5 Å². The van der Waals surface area contributed by atoms with Crippen molar-refractivity contribution in [3.63, 3.8) is 0 Å². The van der Waals surface area contributed by atoms with Crippen LogP contribution in [0.3, 0.4) is 0 Å². The van der Waals surface area contributed by atoms with Gasteiger partial charge in [0.15, 0.2) is 0 Å². The third kappa shape index (κ3) is 2.67. The molecule has 1 aliphatic heterocycles. The number of nitrogens with zero attached hydrogens (tertiary/aromatic N) is 3. The highest BCUT2D eigenvalue weighted by atomic mass is 16.5. The van der Waals surface area contributed by atoms with E-state index < -0.39 is 0 Å². The van der Waals surface area contributed by atoms with Crippen LogP contribution in [0.5, 0.6) is 0 Å². The van der Waals surface area contributed by atoms with Crippen LogP contribution in [0.4, 0.5) is 0 Å². The lowest BCUT2D eigenvalue weighted by atomic mass is 10.1. The van der Waals surface area contributed by atoms with Crippen molar-refractivity contribution in [2.45, 2.75) is 25.2 Å². The molecule has 3 atom stereocenters. The summed E-state index contributed by atoms with van der Waals surface area (Å²) in [5, 5.41) is 4.31. The number of likely N-dealkylation sites (tertiary alicyclic amines) is 1. The van der Waals surface area contributed by atoms with E-state index in [0.717, 1.165) is 18.8 Å². The van der Waals surface area contributed by atoms with Gasteiger partial charge in [0.2, 0.25) is 0 Å². The zero-order chi connectivity index (χ0) is 14.0. The first-order valence-corrected chi connectivity index (χ1v) is 6.60. The zero-order valence-corrected chi connectivity index (χ0v) is 12.2. The highest BCUT2D eigenvalue weighted by molar-refractivity contribution is 5.21. The highest BCUT2D eigenvalue weighted by Crippen LogP contribution is 2.28. The summed E-state index contributed by atoms with van der Waals surface area (Å²) >= 11 is 0. The van der Waals surface area contributed by atoms with Crippen molar-refractivity contribution >= 4 is 0 Å². The van der Waals surface area contributed by atoms with Crippen LogP contribution in [0.15, 0.2) is 6.20 Å². The quantitative estimate of drug-likeness (QED) is 0.819. The summed E-state index contributed by atoms with van der Waals surface area (Å²) in [6.07, 6.45) is 2.13. The van der Waals surface area contributed by atoms with Crippen molar-refractivity contribution in [2.75, 3.05) is 33.9 Å². The maximum absolute atomic E-state index is 5.98. The average molecular weight is 268 g/mol. The molecular weight excluding hydrogens is 244 g/mol. The summed E-state index contributed by atoms with van der Waals surface area (Å²) in [6.45, 7) is 4.32.